The fourth-order valence-electron chi connectivity index (χ4n) is 1.39. The minimum atomic E-state index is -4.28. The summed E-state index contributed by atoms with van der Waals surface area (Å²) in [4.78, 5) is 21.3. The van der Waals surface area contributed by atoms with Crippen LogP contribution in [0.2, 0.25) is 5.02 Å². The molecule has 0 saturated heterocycles. The summed E-state index contributed by atoms with van der Waals surface area (Å²) < 4.78 is 36.1. The molecular formula is C14H17ClF3NO3. The fraction of sp³-hybridized carbons (Fsp3) is 0.500. The van der Waals surface area contributed by atoms with E-state index in [1.165, 1.54) is 18.2 Å². The second kappa shape index (κ2) is 7.30. The summed E-state index contributed by atoms with van der Waals surface area (Å²) in [7, 11) is 0. The highest BCUT2D eigenvalue weighted by Gasteiger charge is 2.26. The Labute approximate surface area is 131 Å². The Balaban J connectivity index is 2.63. The Morgan fingerprint density at radius 2 is 1.91 bits per heavy atom. The predicted octanol–water partition coefficient (Wildman–Crippen LogP) is 3.88. The van der Waals surface area contributed by atoms with Crippen LogP contribution >= 0.6 is 11.6 Å². The molecule has 1 aromatic rings. The summed E-state index contributed by atoms with van der Waals surface area (Å²) in [5, 5.41) is 2.32. The van der Waals surface area contributed by atoms with Crippen LogP contribution in [0.4, 0.5) is 13.2 Å². The number of nitrogens with one attached hydrogen (secondary N) is 1. The zero-order valence-electron chi connectivity index (χ0n) is 12.4. The van der Waals surface area contributed by atoms with E-state index in [0.29, 0.717) is 5.56 Å². The maximum Gasteiger partial charge on any atom is 0.401 e. The van der Waals surface area contributed by atoms with Crippen LogP contribution in [0.1, 0.15) is 36.7 Å². The highest BCUT2D eigenvalue weighted by atomic mass is 35.5. The third kappa shape index (κ3) is 7.11. The van der Waals surface area contributed by atoms with Gasteiger partial charge in [-0.1, -0.05) is 17.7 Å². The second-order valence-corrected chi connectivity index (χ2v) is 6.01. The molecule has 0 heterocycles. The van der Waals surface area contributed by atoms with E-state index in [9.17, 15) is 18.0 Å². The molecule has 1 N–H and O–H groups in total. The van der Waals surface area contributed by atoms with Crippen molar-refractivity contribution < 1.29 is 27.7 Å². The van der Waals surface area contributed by atoms with Gasteiger partial charge in [0.25, 0.3) is 0 Å². The molecule has 0 bridgehead atoms. The van der Waals surface area contributed by atoms with Crippen LogP contribution < -0.4 is 5.32 Å². The monoisotopic (exact) mass is 339 g/mol. The van der Waals surface area contributed by atoms with Crippen molar-refractivity contribution in [1.82, 2.24) is 5.32 Å². The third-order valence-electron chi connectivity index (χ3n) is 2.28. The molecule has 0 fully saturated rings. The number of benzene rings is 1. The van der Waals surface area contributed by atoms with Gasteiger partial charge in [-0.2, -0.15) is 18.1 Å². The number of alkyl halides is 3. The van der Waals surface area contributed by atoms with Gasteiger partial charge in [-0.3, -0.25) is 4.89 Å². The van der Waals surface area contributed by atoms with E-state index in [2.05, 4.69) is 10.2 Å². The number of carbonyl (C=O) groups is 1. The number of carbonyl (C=O) groups excluding carboxylic acids is 1. The van der Waals surface area contributed by atoms with Crippen LogP contribution in [0.15, 0.2) is 18.2 Å². The third-order valence-corrected chi connectivity index (χ3v) is 2.59. The lowest BCUT2D eigenvalue weighted by Crippen LogP contribution is -2.28. The smallest absolute Gasteiger partial charge is 0.305 e. The molecule has 22 heavy (non-hydrogen) atoms. The van der Waals surface area contributed by atoms with Crippen LogP contribution in [0.3, 0.4) is 0 Å². The average Bonchev–Trinajstić information content (AvgIpc) is 2.33. The van der Waals surface area contributed by atoms with E-state index in [4.69, 9.17) is 16.5 Å². The predicted molar refractivity (Wildman–Crippen MR) is 75.5 cm³/mol. The zero-order valence-corrected chi connectivity index (χ0v) is 13.1. The number of halogens is 4. The van der Waals surface area contributed by atoms with Gasteiger partial charge in [0.05, 0.1) is 17.1 Å². The summed E-state index contributed by atoms with van der Waals surface area (Å²) in [6.07, 6.45) is -4.28. The topological polar surface area (TPSA) is 47.6 Å². The fourth-order valence-corrected chi connectivity index (χ4v) is 1.67. The molecule has 0 radical (unpaired) electrons. The molecule has 0 amide bonds. The lowest BCUT2D eigenvalue weighted by Gasteiger charge is -2.17. The van der Waals surface area contributed by atoms with Crippen molar-refractivity contribution in [3.63, 3.8) is 0 Å². The summed E-state index contributed by atoms with van der Waals surface area (Å²) in [6, 6.07) is 4.27. The Morgan fingerprint density at radius 1 is 1.27 bits per heavy atom. The molecule has 124 valence electrons. The first-order chi connectivity index (χ1) is 9.98. The SMILES string of the molecule is CC(C)(C)OOC(=O)c1ccc(CNCC(F)(F)F)cc1Cl. The van der Waals surface area contributed by atoms with Crippen LogP contribution in [0.5, 0.6) is 0 Å². The first kappa shape index (κ1) is 18.7. The van der Waals surface area contributed by atoms with Crippen molar-refractivity contribution in [2.75, 3.05) is 6.54 Å². The number of hydrogen-bond donors (Lipinski definition) is 1. The van der Waals surface area contributed by atoms with Gasteiger partial charge in [0.1, 0.15) is 5.60 Å². The van der Waals surface area contributed by atoms with Crippen LogP contribution in [-0.2, 0) is 16.3 Å². The Bertz CT molecular complexity index is 527. The first-order valence-electron chi connectivity index (χ1n) is 6.44. The maximum absolute atomic E-state index is 12.0. The van der Waals surface area contributed by atoms with E-state index in [1.807, 2.05) is 0 Å². The van der Waals surface area contributed by atoms with Crippen molar-refractivity contribution in [2.24, 2.45) is 0 Å². The van der Waals surface area contributed by atoms with Gasteiger partial charge < -0.3 is 5.32 Å². The van der Waals surface area contributed by atoms with Crippen molar-refractivity contribution in [1.29, 1.82) is 0 Å². The van der Waals surface area contributed by atoms with Gasteiger partial charge in [0, 0.05) is 6.54 Å². The lowest BCUT2D eigenvalue weighted by atomic mass is 10.1. The molecule has 8 heteroatoms. The first-order valence-corrected chi connectivity index (χ1v) is 6.82. The molecule has 0 atom stereocenters. The van der Waals surface area contributed by atoms with Crippen molar-refractivity contribution in [3.05, 3.63) is 34.3 Å². The van der Waals surface area contributed by atoms with Gasteiger partial charge in [-0.25, -0.2) is 4.79 Å². The molecule has 1 aromatic carbocycles. The Kier molecular flexibility index (Phi) is 6.22. The molecule has 0 saturated carbocycles. The number of rotatable bonds is 5. The molecule has 0 aliphatic heterocycles. The average molecular weight is 340 g/mol. The van der Waals surface area contributed by atoms with E-state index in [-0.39, 0.29) is 17.1 Å². The van der Waals surface area contributed by atoms with Gasteiger partial charge in [-0.15, -0.1) is 0 Å². The standard InChI is InChI=1S/C14H17ClF3NO3/c1-13(2,3)22-21-12(20)10-5-4-9(6-11(10)15)7-19-8-14(16,17)18/h4-6,19H,7-8H2,1-3H3. The molecule has 0 aliphatic rings. The van der Waals surface area contributed by atoms with Crippen LogP contribution in [-0.4, -0.2) is 24.3 Å². The van der Waals surface area contributed by atoms with Gasteiger partial charge >= 0.3 is 12.1 Å². The minimum absolute atomic E-state index is 0.0208. The van der Waals surface area contributed by atoms with E-state index >= 15 is 0 Å². The molecule has 1 rings (SSSR count). The van der Waals surface area contributed by atoms with Crippen LogP contribution in [0.25, 0.3) is 0 Å². The molecule has 0 spiro atoms. The maximum atomic E-state index is 12.0. The Hall–Kier alpha value is -1.31. The van der Waals surface area contributed by atoms with E-state index in [0.717, 1.165) is 0 Å². The molecular weight excluding hydrogens is 323 g/mol. The van der Waals surface area contributed by atoms with Crippen molar-refractivity contribution in [2.45, 2.75) is 39.1 Å². The number of hydrogen-bond acceptors (Lipinski definition) is 4. The van der Waals surface area contributed by atoms with Gasteiger partial charge in [-0.05, 0) is 38.5 Å². The van der Waals surface area contributed by atoms with E-state index in [1.54, 1.807) is 20.8 Å². The molecule has 0 aromatic heterocycles. The van der Waals surface area contributed by atoms with Gasteiger partial charge in [0.15, 0.2) is 0 Å². The highest BCUT2D eigenvalue weighted by molar-refractivity contribution is 6.33. The summed E-state index contributed by atoms with van der Waals surface area (Å²) in [5.41, 5.74) is -0.0723. The van der Waals surface area contributed by atoms with Crippen molar-refractivity contribution >= 4 is 17.6 Å². The largest absolute Gasteiger partial charge is 0.401 e. The van der Waals surface area contributed by atoms with Crippen molar-refractivity contribution in [3.8, 4) is 0 Å². The van der Waals surface area contributed by atoms with Gasteiger partial charge in [0.2, 0.25) is 0 Å². The Morgan fingerprint density at radius 3 is 2.41 bits per heavy atom. The zero-order chi connectivity index (χ0) is 17.0. The summed E-state index contributed by atoms with van der Waals surface area (Å²) in [5.74, 6) is -0.769. The van der Waals surface area contributed by atoms with Crippen LogP contribution in [0, 0.1) is 0 Å². The molecule has 0 unspecified atom stereocenters. The normalized spacial score (nSPS) is 12.3. The highest BCUT2D eigenvalue weighted by Crippen LogP contribution is 2.20. The summed E-state index contributed by atoms with van der Waals surface area (Å²) >= 11 is 5.94. The lowest BCUT2D eigenvalue weighted by molar-refractivity contribution is -0.301. The minimum Gasteiger partial charge on any atom is -0.305 e. The molecule has 4 nitrogen and oxygen atoms in total. The van der Waals surface area contributed by atoms with E-state index < -0.39 is 24.3 Å². The molecule has 0 aliphatic carbocycles. The quantitative estimate of drug-likeness (QED) is 0.653. The second-order valence-electron chi connectivity index (χ2n) is 5.60. The summed E-state index contributed by atoms with van der Waals surface area (Å²) in [6.45, 7) is 3.99.